The van der Waals surface area contributed by atoms with Crippen LogP contribution in [0.5, 0.6) is 0 Å². The van der Waals surface area contributed by atoms with Gasteiger partial charge in [0.25, 0.3) is 0 Å². The fourth-order valence-corrected chi connectivity index (χ4v) is 2.99. The minimum atomic E-state index is -0.232. The molecule has 6 nitrogen and oxygen atoms in total. The van der Waals surface area contributed by atoms with Gasteiger partial charge in [-0.3, -0.25) is 0 Å². The summed E-state index contributed by atoms with van der Waals surface area (Å²) in [5.74, 6) is 1.46. The Balaban J connectivity index is 1.82. The van der Waals surface area contributed by atoms with Crippen LogP contribution in [0, 0.1) is 17.2 Å². The highest BCUT2D eigenvalue weighted by Crippen LogP contribution is 2.30. The number of nitrogens with one attached hydrogen (secondary N) is 1. The molecule has 0 aliphatic carbocycles. The molecule has 0 amide bonds. The molecular weight excluding hydrogens is 280 g/mol. The van der Waals surface area contributed by atoms with Crippen molar-refractivity contribution in [2.45, 2.75) is 19.4 Å². The first-order chi connectivity index (χ1) is 10.7. The predicted octanol–water partition coefficient (Wildman–Crippen LogP) is 1.95. The van der Waals surface area contributed by atoms with Crippen LogP contribution in [0.2, 0.25) is 0 Å². The number of rotatable bonds is 4. The zero-order chi connectivity index (χ0) is 15.5. The standard InChI is InChI=1S/C16H20N4O2/c1-20-6-3-11(4-7-20)9-19-16-15-12(10-21)14(8-17)22-13(15)2-5-18-16/h2,5,11,21H,3-4,6-7,9-10H2,1H3,(H,18,19). The maximum absolute atomic E-state index is 9.53. The Morgan fingerprint density at radius 2 is 2.27 bits per heavy atom. The van der Waals surface area contributed by atoms with Crippen molar-refractivity contribution in [1.82, 2.24) is 9.88 Å². The van der Waals surface area contributed by atoms with E-state index in [1.165, 1.54) is 12.8 Å². The Morgan fingerprint density at radius 3 is 2.95 bits per heavy atom. The van der Waals surface area contributed by atoms with Crippen molar-refractivity contribution < 1.29 is 9.52 Å². The van der Waals surface area contributed by atoms with Gasteiger partial charge in [0.2, 0.25) is 5.76 Å². The lowest BCUT2D eigenvalue weighted by molar-refractivity contribution is 0.226. The smallest absolute Gasteiger partial charge is 0.210 e. The first-order valence-electron chi connectivity index (χ1n) is 7.56. The van der Waals surface area contributed by atoms with Gasteiger partial charge in [0.15, 0.2) is 0 Å². The lowest BCUT2D eigenvalue weighted by atomic mass is 9.97. The molecule has 22 heavy (non-hydrogen) atoms. The number of hydrogen-bond donors (Lipinski definition) is 2. The number of aliphatic hydroxyl groups excluding tert-OH is 1. The topological polar surface area (TPSA) is 85.3 Å². The van der Waals surface area contributed by atoms with Crippen LogP contribution in [0.4, 0.5) is 5.82 Å². The van der Waals surface area contributed by atoms with Crippen molar-refractivity contribution in [3.05, 3.63) is 23.6 Å². The zero-order valence-electron chi connectivity index (χ0n) is 12.7. The van der Waals surface area contributed by atoms with Crippen LogP contribution in [-0.4, -0.2) is 41.7 Å². The molecule has 1 aliphatic rings. The van der Waals surface area contributed by atoms with Crippen LogP contribution < -0.4 is 5.32 Å². The van der Waals surface area contributed by atoms with Crippen molar-refractivity contribution in [3.8, 4) is 6.07 Å². The van der Waals surface area contributed by atoms with E-state index in [1.807, 2.05) is 6.07 Å². The Labute approximate surface area is 129 Å². The molecule has 116 valence electrons. The highest BCUT2D eigenvalue weighted by molar-refractivity contribution is 5.92. The van der Waals surface area contributed by atoms with Crippen LogP contribution in [0.3, 0.4) is 0 Å². The van der Waals surface area contributed by atoms with E-state index < -0.39 is 0 Å². The SMILES string of the molecule is CN1CCC(CNc2nccc3oc(C#N)c(CO)c23)CC1. The first kappa shape index (κ1) is 14.8. The summed E-state index contributed by atoms with van der Waals surface area (Å²) in [5, 5.41) is 22.7. The maximum atomic E-state index is 9.53. The van der Waals surface area contributed by atoms with E-state index in [2.05, 4.69) is 22.2 Å². The Hall–Kier alpha value is -2.10. The second kappa shape index (κ2) is 6.34. The van der Waals surface area contributed by atoms with Gasteiger partial charge in [-0.1, -0.05) is 0 Å². The summed E-state index contributed by atoms with van der Waals surface area (Å²) in [6.45, 7) is 2.86. The number of nitriles is 1. The molecule has 0 spiro atoms. The van der Waals surface area contributed by atoms with Gasteiger partial charge < -0.3 is 19.7 Å². The van der Waals surface area contributed by atoms with Crippen molar-refractivity contribution in [3.63, 3.8) is 0 Å². The second-order valence-corrected chi connectivity index (χ2v) is 5.84. The molecule has 0 bridgehead atoms. The summed E-state index contributed by atoms with van der Waals surface area (Å²) in [7, 11) is 2.15. The summed E-state index contributed by atoms with van der Waals surface area (Å²) in [5.41, 5.74) is 1.10. The summed E-state index contributed by atoms with van der Waals surface area (Å²) < 4.78 is 5.48. The number of piperidine rings is 1. The van der Waals surface area contributed by atoms with E-state index in [0.29, 0.717) is 22.9 Å². The van der Waals surface area contributed by atoms with Crippen LogP contribution in [0.1, 0.15) is 24.2 Å². The molecule has 0 atom stereocenters. The van der Waals surface area contributed by atoms with Crippen LogP contribution in [0.25, 0.3) is 11.0 Å². The quantitative estimate of drug-likeness (QED) is 0.897. The minimum absolute atomic E-state index is 0.160. The lowest BCUT2D eigenvalue weighted by Gasteiger charge is -2.29. The third kappa shape index (κ3) is 2.78. The Morgan fingerprint density at radius 1 is 1.50 bits per heavy atom. The summed E-state index contributed by atoms with van der Waals surface area (Å²) in [4.78, 5) is 6.70. The minimum Gasteiger partial charge on any atom is -0.445 e. The van der Waals surface area contributed by atoms with Gasteiger partial charge in [0, 0.05) is 18.3 Å². The average molecular weight is 300 g/mol. The molecule has 0 unspecified atom stereocenters. The molecule has 1 saturated heterocycles. The van der Waals surface area contributed by atoms with E-state index >= 15 is 0 Å². The van der Waals surface area contributed by atoms with Crippen LogP contribution >= 0.6 is 0 Å². The largest absolute Gasteiger partial charge is 0.445 e. The van der Waals surface area contributed by atoms with Crippen molar-refractivity contribution in [1.29, 1.82) is 5.26 Å². The van der Waals surface area contributed by atoms with E-state index in [9.17, 15) is 5.11 Å². The fourth-order valence-electron chi connectivity index (χ4n) is 2.99. The van der Waals surface area contributed by atoms with E-state index in [1.54, 1.807) is 12.3 Å². The molecule has 0 radical (unpaired) electrons. The van der Waals surface area contributed by atoms with Gasteiger partial charge >= 0.3 is 0 Å². The molecule has 2 aromatic rings. The molecule has 3 rings (SSSR count). The number of likely N-dealkylation sites (tertiary alicyclic amines) is 1. The van der Waals surface area contributed by atoms with Crippen LogP contribution in [0.15, 0.2) is 16.7 Å². The maximum Gasteiger partial charge on any atom is 0.210 e. The highest BCUT2D eigenvalue weighted by Gasteiger charge is 2.20. The highest BCUT2D eigenvalue weighted by atomic mass is 16.3. The van der Waals surface area contributed by atoms with Gasteiger partial charge in [-0.15, -0.1) is 0 Å². The fraction of sp³-hybridized carbons (Fsp3) is 0.500. The molecule has 2 N–H and O–H groups in total. The zero-order valence-corrected chi connectivity index (χ0v) is 12.7. The number of furan rings is 1. The van der Waals surface area contributed by atoms with Gasteiger partial charge in [-0.05, 0) is 45.0 Å². The predicted molar refractivity (Wildman–Crippen MR) is 83.4 cm³/mol. The van der Waals surface area contributed by atoms with Crippen LogP contribution in [-0.2, 0) is 6.61 Å². The van der Waals surface area contributed by atoms with Crippen molar-refractivity contribution in [2.75, 3.05) is 32.0 Å². The van der Waals surface area contributed by atoms with Crippen molar-refractivity contribution >= 4 is 16.8 Å². The van der Waals surface area contributed by atoms with Gasteiger partial charge in [0.1, 0.15) is 17.5 Å². The van der Waals surface area contributed by atoms with E-state index in [-0.39, 0.29) is 12.4 Å². The second-order valence-electron chi connectivity index (χ2n) is 5.84. The Bertz CT molecular complexity index is 696. The van der Waals surface area contributed by atoms with Crippen molar-refractivity contribution in [2.24, 2.45) is 5.92 Å². The molecule has 3 heterocycles. The number of pyridine rings is 1. The monoisotopic (exact) mass is 300 g/mol. The summed E-state index contributed by atoms with van der Waals surface area (Å²) in [6.07, 6.45) is 3.99. The molecule has 1 fully saturated rings. The number of aliphatic hydroxyl groups is 1. The number of aromatic nitrogens is 1. The third-order valence-electron chi connectivity index (χ3n) is 4.36. The van der Waals surface area contributed by atoms with Gasteiger partial charge in [-0.25, -0.2) is 4.98 Å². The molecular formula is C16H20N4O2. The number of fused-ring (bicyclic) bond motifs is 1. The molecule has 0 saturated carbocycles. The molecule has 2 aromatic heterocycles. The number of anilines is 1. The first-order valence-corrected chi connectivity index (χ1v) is 7.56. The third-order valence-corrected chi connectivity index (χ3v) is 4.36. The summed E-state index contributed by atoms with van der Waals surface area (Å²) in [6, 6.07) is 3.70. The Kier molecular flexibility index (Phi) is 4.27. The number of hydrogen-bond acceptors (Lipinski definition) is 6. The lowest BCUT2D eigenvalue weighted by Crippen LogP contribution is -2.33. The molecule has 0 aromatic carbocycles. The normalized spacial score (nSPS) is 16.8. The van der Waals surface area contributed by atoms with E-state index in [0.717, 1.165) is 25.0 Å². The van der Waals surface area contributed by atoms with Gasteiger partial charge in [0.05, 0.1) is 12.0 Å². The molecule has 6 heteroatoms. The average Bonchev–Trinajstić information content (AvgIpc) is 2.92. The van der Waals surface area contributed by atoms with Gasteiger partial charge in [-0.2, -0.15) is 5.26 Å². The summed E-state index contributed by atoms with van der Waals surface area (Å²) >= 11 is 0. The van der Waals surface area contributed by atoms with E-state index in [4.69, 9.17) is 9.68 Å². The molecule has 1 aliphatic heterocycles. The number of nitrogens with zero attached hydrogens (tertiary/aromatic N) is 3.